The zero-order valence-electron chi connectivity index (χ0n) is 14.9. The highest BCUT2D eigenvalue weighted by molar-refractivity contribution is 7.16. The average Bonchev–Trinajstić information content (AvgIpc) is 2.88. The van der Waals surface area contributed by atoms with Crippen molar-refractivity contribution in [2.24, 2.45) is 17.3 Å². The molecule has 0 fully saturated rings. The van der Waals surface area contributed by atoms with Crippen LogP contribution in [-0.2, 0) is 12.5 Å². The average molecular weight is 337 g/mol. The Morgan fingerprint density at radius 2 is 1.67 bits per heavy atom. The highest BCUT2D eigenvalue weighted by Crippen LogP contribution is 2.22. The molecule has 0 atom stereocenters. The summed E-state index contributed by atoms with van der Waals surface area (Å²) in [4.78, 5) is 0.905. The largest absolute Gasteiger partial charge is 0.318 e. The van der Waals surface area contributed by atoms with Crippen molar-refractivity contribution < 1.29 is 0 Å². The lowest BCUT2D eigenvalue weighted by molar-refractivity contribution is 0.590. The van der Waals surface area contributed by atoms with Crippen molar-refractivity contribution in [3.8, 4) is 0 Å². The standard InChI is InChI=1S/C20H23N3S/c1-14(15-10-12-16(13-11-15)20(2,3)4)21-22-19-23(5)17-8-6-7-9-18(17)24-19/h6-13H,1-5H3/b21-14-,22-19+. The molecule has 24 heavy (non-hydrogen) atoms. The first-order valence-electron chi connectivity index (χ1n) is 8.10. The molecule has 0 N–H and O–H groups in total. The van der Waals surface area contributed by atoms with Gasteiger partial charge in [-0.15, -0.1) is 5.10 Å². The fourth-order valence-electron chi connectivity index (χ4n) is 2.56. The molecule has 3 aromatic rings. The molecule has 1 aromatic heterocycles. The second-order valence-electron chi connectivity index (χ2n) is 7.02. The van der Waals surface area contributed by atoms with Crippen LogP contribution in [-0.4, -0.2) is 10.3 Å². The first-order chi connectivity index (χ1) is 11.4. The molecule has 0 saturated carbocycles. The molecule has 0 radical (unpaired) electrons. The van der Waals surface area contributed by atoms with E-state index in [-0.39, 0.29) is 5.41 Å². The molecule has 0 aliphatic carbocycles. The maximum Gasteiger partial charge on any atom is 0.211 e. The summed E-state index contributed by atoms with van der Waals surface area (Å²) in [6.45, 7) is 8.67. The van der Waals surface area contributed by atoms with Gasteiger partial charge in [0, 0.05) is 7.05 Å². The van der Waals surface area contributed by atoms with Gasteiger partial charge in [0.2, 0.25) is 4.80 Å². The van der Waals surface area contributed by atoms with E-state index in [4.69, 9.17) is 0 Å². The molecular weight excluding hydrogens is 314 g/mol. The fraction of sp³-hybridized carbons (Fsp3) is 0.300. The van der Waals surface area contributed by atoms with Gasteiger partial charge in [-0.2, -0.15) is 5.10 Å². The minimum atomic E-state index is 0.165. The van der Waals surface area contributed by atoms with E-state index in [0.717, 1.165) is 16.1 Å². The van der Waals surface area contributed by atoms with Crippen LogP contribution in [0.25, 0.3) is 10.2 Å². The van der Waals surface area contributed by atoms with Gasteiger partial charge in [-0.3, -0.25) is 0 Å². The Morgan fingerprint density at radius 1 is 1.00 bits per heavy atom. The SMILES string of the molecule is C/C(=N/N=c1/sc2ccccc2n1C)c1ccc(C(C)(C)C)cc1. The van der Waals surface area contributed by atoms with Crippen LogP contribution in [0.15, 0.2) is 58.7 Å². The smallest absolute Gasteiger partial charge is 0.211 e. The number of benzene rings is 2. The number of aromatic nitrogens is 1. The van der Waals surface area contributed by atoms with Gasteiger partial charge in [-0.25, -0.2) is 0 Å². The lowest BCUT2D eigenvalue weighted by atomic mass is 9.86. The zero-order chi connectivity index (χ0) is 17.3. The molecule has 124 valence electrons. The number of fused-ring (bicyclic) bond motifs is 1. The van der Waals surface area contributed by atoms with Gasteiger partial charge in [-0.1, -0.05) is 68.5 Å². The number of rotatable bonds is 2. The third-order valence-electron chi connectivity index (χ3n) is 4.17. The molecule has 0 amide bonds. The first kappa shape index (κ1) is 16.7. The number of thiazole rings is 1. The maximum atomic E-state index is 4.46. The minimum absolute atomic E-state index is 0.165. The summed E-state index contributed by atoms with van der Waals surface area (Å²) in [7, 11) is 2.03. The van der Waals surface area contributed by atoms with Crippen LogP contribution in [0.3, 0.4) is 0 Å². The van der Waals surface area contributed by atoms with Crippen LogP contribution in [0.1, 0.15) is 38.8 Å². The van der Waals surface area contributed by atoms with Crippen molar-refractivity contribution in [1.29, 1.82) is 0 Å². The second kappa shape index (κ2) is 6.36. The van der Waals surface area contributed by atoms with Crippen LogP contribution in [0, 0.1) is 0 Å². The molecule has 0 spiro atoms. The van der Waals surface area contributed by atoms with Gasteiger partial charge in [-0.05, 0) is 35.6 Å². The predicted octanol–water partition coefficient (Wildman–Crippen LogP) is 4.86. The van der Waals surface area contributed by atoms with Crippen molar-refractivity contribution in [2.75, 3.05) is 0 Å². The van der Waals surface area contributed by atoms with E-state index in [0.29, 0.717) is 0 Å². The molecule has 0 unspecified atom stereocenters. The summed E-state index contributed by atoms with van der Waals surface area (Å²) in [6.07, 6.45) is 0. The highest BCUT2D eigenvalue weighted by Gasteiger charge is 2.13. The topological polar surface area (TPSA) is 29.6 Å². The van der Waals surface area contributed by atoms with Crippen molar-refractivity contribution >= 4 is 27.3 Å². The summed E-state index contributed by atoms with van der Waals surface area (Å²) in [6, 6.07) is 16.9. The molecule has 0 bridgehead atoms. The van der Waals surface area contributed by atoms with E-state index in [1.54, 1.807) is 11.3 Å². The van der Waals surface area contributed by atoms with Gasteiger partial charge >= 0.3 is 0 Å². The molecular formula is C20H23N3S. The van der Waals surface area contributed by atoms with Gasteiger partial charge in [0.1, 0.15) is 0 Å². The second-order valence-corrected chi connectivity index (χ2v) is 8.03. The summed E-state index contributed by atoms with van der Waals surface area (Å²) >= 11 is 1.66. The number of hydrogen-bond donors (Lipinski definition) is 0. The van der Waals surface area contributed by atoms with Crippen LogP contribution in [0.2, 0.25) is 0 Å². The monoisotopic (exact) mass is 337 g/mol. The molecule has 2 aromatic carbocycles. The van der Waals surface area contributed by atoms with E-state index in [9.17, 15) is 0 Å². The van der Waals surface area contributed by atoms with Crippen molar-refractivity contribution in [2.45, 2.75) is 33.1 Å². The van der Waals surface area contributed by atoms with Crippen LogP contribution in [0.4, 0.5) is 0 Å². The Hall–Kier alpha value is -2.20. The van der Waals surface area contributed by atoms with Crippen LogP contribution in [0.5, 0.6) is 0 Å². The van der Waals surface area contributed by atoms with Crippen LogP contribution < -0.4 is 4.80 Å². The van der Waals surface area contributed by atoms with Crippen LogP contribution >= 0.6 is 11.3 Å². The van der Waals surface area contributed by atoms with Crippen molar-refractivity contribution in [3.05, 3.63) is 64.5 Å². The summed E-state index contributed by atoms with van der Waals surface area (Å²) in [5.74, 6) is 0. The Kier molecular flexibility index (Phi) is 4.41. The van der Waals surface area contributed by atoms with Crippen molar-refractivity contribution in [3.63, 3.8) is 0 Å². The highest BCUT2D eigenvalue weighted by atomic mass is 32.1. The third-order valence-corrected chi connectivity index (χ3v) is 5.27. The number of nitrogens with zero attached hydrogens (tertiary/aromatic N) is 3. The molecule has 0 saturated heterocycles. The van der Waals surface area contributed by atoms with Gasteiger partial charge in [0.05, 0.1) is 15.9 Å². The van der Waals surface area contributed by atoms with E-state index in [2.05, 4.69) is 71.9 Å². The molecule has 0 aliphatic rings. The predicted molar refractivity (Wildman–Crippen MR) is 104 cm³/mol. The molecule has 4 heteroatoms. The Labute approximate surface area is 147 Å². The fourth-order valence-corrected chi connectivity index (χ4v) is 3.53. The summed E-state index contributed by atoms with van der Waals surface area (Å²) < 4.78 is 3.31. The molecule has 1 heterocycles. The normalized spacial score (nSPS) is 13.7. The number of para-hydroxylation sites is 1. The van der Waals surface area contributed by atoms with Gasteiger partial charge < -0.3 is 4.57 Å². The number of hydrogen-bond acceptors (Lipinski definition) is 3. The molecule has 0 aliphatic heterocycles. The molecule has 3 nitrogen and oxygen atoms in total. The maximum absolute atomic E-state index is 4.46. The van der Waals surface area contributed by atoms with Crippen molar-refractivity contribution in [1.82, 2.24) is 4.57 Å². The minimum Gasteiger partial charge on any atom is -0.318 e. The Bertz CT molecular complexity index is 951. The number of aryl methyl sites for hydroxylation is 1. The summed E-state index contributed by atoms with van der Waals surface area (Å²) in [5, 5.41) is 8.90. The summed E-state index contributed by atoms with van der Waals surface area (Å²) in [5.41, 5.74) is 4.71. The van der Waals surface area contributed by atoms with E-state index < -0.39 is 0 Å². The first-order valence-corrected chi connectivity index (χ1v) is 8.92. The zero-order valence-corrected chi connectivity index (χ0v) is 15.7. The van der Waals surface area contributed by atoms with E-state index in [1.807, 2.05) is 26.1 Å². The molecule has 3 rings (SSSR count). The van der Waals surface area contributed by atoms with E-state index in [1.165, 1.54) is 15.8 Å². The van der Waals surface area contributed by atoms with Gasteiger partial charge in [0.25, 0.3) is 0 Å². The van der Waals surface area contributed by atoms with Gasteiger partial charge in [0.15, 0.2) is 0 Å². The lowest BCUT2D eigenvalue weighted by Crippen LogP contribution is -2.11. The third kappa shape index (κ3) is 3.34. The Morgan fingerprint density at radius 3 is 2.29 bits per heavy atom. The van der Waals surface area contributed by atoms with E-state index >= 15 is 0 Å². The quantitative estimate of drug-likeness (QED) is 0.472. The lowest BCUT2D eigenvalue weighted by Gasteiger charge is -2.19. The Balaban J connectivity index is 1.94.